The number of nitrogens with one attached hydrogen (secondary N) is 3. The van der Waals surface area contributed by atoms with Gasteiger partial charge in [0.2, 0.25) is 0 Å². The first kappa shape index (κ1) is 23.4. The van der Waals surface area contributed by atoms with Crippen molar-refractivity contribution in [2.24, 2.45) is 0 Å². The van der Waals surface area contributed by atoms with E-state index in [0.29, 0.717) is 39.0 Å². The first-order valence-corrected chi connectivity index (χ1v) is 11.4. The Labute approximate surface area is 209 Å². The Bertz CT molecular complexity index is 1650. The van der Waals surface area contributed by atoms with Gasteiger partial charge < -0.3 is 14.8 Å². The van der Waals surface area contributed by atoms with Crippen molar-refractivity contribution in [2.75, 3.05) is 0 Å². The Balaban J connectivity index is 1.38. The van der Waals surface area contributed by atoms with Gasteiger partial charge in [0, 0.05) is 34.9 Å². The molecule has 4 heterocycles. The molecule has 0 aliphatic rings. The zero-order valence-electron chi connectivity index (χ0n) is 19.6. The van der Waals surface area contributed by atoms with Gasteiger partial charge in [-0.05, 0) is 29.3 Å². The molecule has 12 heteroatoms. The number of carbonyl (C=O) groups excluding carboxylic acids is 1. The second-order valence-electron chi connectivity index (χ2n) is 9.10. The second-order valence-corrected chi connectivity index (χ2v) is 9.51. The molecule has 1 amide bonds. The van der Waals surface area contributed by atoms with Gasteiger partial charge in [0.1, 0.15) is 11.3 Å². The lowest BCUT2D eigenvalue weighted by Crippen LogP contribution is -2.23. The number of aromatic amines is 2. The molecule has 1 aromatic carbocycles. The van der Waals surface area contributed by atoms with E-state index in [-0.39, 0.29) is 23.4 Å². The molecule has 11 nitrogen and oxygen atoms in total. The fraction of sp³-hybridized carbons (Fsp3) is 0.208. The number of rotatable bonds is 5. The standard InChI is InChI=1S/C24H21ClN8O3/c1-24(2,3)23-31-22(36-33-23)21(35)27-11-13-5-4-12(10-16(13)25)14-6-8-26-19-17(14)29-18(30-19)15-7-9-28-32-20(15)34/h4-10H,11H2,1-3H3,(H,27,35)(H,32,34)(H,26,29,30). The summed E-state index contributed by atoms with van der Waals surface area (Å²) in [5, 5.41) is 13.2. The number of hydrogen-bond donors (Lipinski definition) is 3. The molecule has 4 aromatic heterocycles. The monoisotopic (exact) mass is 504 g/mol. The van der Waals surface area contributed by atoms with Gasteiger partial charge in [0.25, 0.3) is 5.56 Å². The van der Waals surface area contributed by atoms with Crippen LogP contribution in [0.4, 0.5) is 0 Å². The molecule has 0 bridgehead atoms. The Morgan fingerprint density at radius 1 is 1.11 bits per heavy atom. The third-order valence-electron chi connectivity index (χ3n) is 5.46. The van der Waals surface area contributed by atoms with E-state index >= 15 is 0 Å². The zero-order valence-corrected chi connectivity index (χ0v) is 20.3. The molecule has 0 spiro atoms. The van der Waals surface area contributed by atoms with Crippen molar-refractivity contribution >= 4 is 28.7 Å². The van der Waals surface area contributed by atoms with Crippen LogP contribution in [0.1, 0.15) is 42.8 Å². The van der Waals surface area contributed by atoms with Gasteiger partial charge in [-0.15, -0.1) is 0 Å². The van der Waals surface area contributed by atoms with Gasteiger partial charge in [-0.25, -0.2) is 15.1 Å². The molecule has 0 saturated carbocycles. The summed E-state index contributed by atoms with van der Waals surface area (Å²) < 4.78 is 5.08. The summed E-state index contributed by atoms with van der Waals surface area (Å²) in [6.45, 7) is 5.97. The molecule has 0 radical (unpaired) electrons. The first-order valence-electron chi connectivity index (χ1n) is 11.0. The summed E-state index contributed by atoms with van der Waals surface area (Å²) in [7, 11) is 0. The lowest BCUT2D eigenvalue weighted by atomic mass is 9.96. The summed E-state index contributed by atoms with van der Waals surface area (Å²) in [6, 6.07) is 8.88. The van der Waals surface area contributed by atoms with Crippen molar-refractivity contribution < 1.29 is 9.32 Å². The number of hydrogen-bond acceptors (Lipinski definition) is 8. The highest BCUT2D eigenvalue weighted by Crippen LogP contribution is 2.31. The molecule has 0 atom stereocenters. The SMILES string of the molecule is CC(C)(C)c1noc(C(=O)NCc2ccc(-c3ccnc4[nH]c(-c5ccn[nH]c5=O)nc34)cc2Cl)n1. The number of benzene rings is 1. The molecule has 0 unspecified atom stereocenters. The van der Waals surface area contributed by atoms with Gasteiger partial charge >= 0.3 is 11.8 Å². The summed E-state index contributed by atoms with van der Waals surface area (Å²) in [5.41, 5.74) is 3.08. The minimum absolute atomic E-state index is 0.103. The average Bonchev–Trinajstić information content (AvgIpc) is 3.51. The lowest BCUT2D eigenvalue weighted by molar-refractivity contribution is 0.0907. The van der Waals surface area contributed by atoms with Crippen LogP contribution < -0.4 is 10.9 Å². The van der Waals surface area contributed by atoms with Gasteiger partial charge in [0.15, 0.2) is 11.5 Å². The molecule has 0 fully saturated rings. The number of carbonyl (C=O) groups is 1. The fourth-order valence-corrected chi connectivity index (χ4v) is 3.78. The van der Waals surface area contributed by atoms with E-state index in [4.69, 9.17) is 16.1 Å². The number of aromatic nitrogens is 7. The molecular formula is C24H21ClN8O3. The van der Waals surface area contributed by atoms with Crippen LogP contribution in [0, 0.1) is 0 Å². The third-order valence-corrected chi connectivity index (χ3v) is 5.81. The number of fused-ring (bicyclic) bond motifs is 1. The summed E-state index contributed by atoms with van der Waals surface area (Å²) >= 11 is 6.55. The maximum absolute atomic E-state index is 12.5. The number of H-pyrrole nitrogens is 2. The molecule has 36 heavy (non-hydrogen) atoms. The third kappa shape index (κ3) is 4.48. The summed E-state index contributed by atoms with van der Waals surface area (Å²) in [4.78, 5) is 40.7. The van der Waals surface area contributed by atoms with Crippen LogP contribution in [-0.2, 0) is 12.0 Å². The van der Waals surface area contributed by atoms with E-state index in [1.807, 2.05) is 39.0 Å². The van der Waals surface area contributed by atoms with E-state index in [1.165, 1.54) is 6.20 Å². The van der Waals surface area contributed by atoms with Crippen LogP contribution in [-0.4, -0.2) is 41.2 Å². The predicted molar refractivity (Wildman–Crippen MR) is 132 cm³/mol. The van der Waals surface area contributed by atoms with Crippen molar-refractivity contribution in [3.63, 3.8) is 0 Å². The largest absolute Gasteiger partial charge is 0.344 e. The number of nitrogens with zero attached hydrogens (tertiary/aromatic N) is 5. The molecule has 0 saturated heterocycles. The van der Waals surface area contributed by atoms with Crippen LogP contribution in [0.3, 0.4) is 0 Å². The van der Waals surface area contributed by atoms with Crippen molar-refractivity contribution in [3.8, 4) is 22.5 Å². The number of imidazole rings is 1. The molecule has 3 N–H and O–H groups in total. The van der Waals surface area contributed by atoms with Crippen molar-refractivity contribution in [1.29, 1.82) is 0 Å². The lowest BCUT2D eigenvalue weighted by Gasteiger charge is -2.10. The predicted octanol–water partition coefficient (Wildman–Crippen LogP) is 3.64. The number of halogens is 1. The summed E-state index contributed by atoms with van der Waals surface area (Å²) in [6.07, 6.45) is 3.13. The van der Waals surface area contributed by atoms with Crippen molar-refractivity contribution in [2.45, 2.75) is 32.7 Å². The highest BCUT2D eigenvalue weighted by Gasteiger charge is 2.24. The normalized spacial score (nSPS) is 11.7. The minimum atomic E-state index is -0.482. The van der Waals surface area contributed by atoms with Gasteiger partial charge in [-0.3, -0.25) is 9.59 Å². The van der Waals surface area contributed by atoms with Crippen molar-refractivity contribution in [1.82, 2.24) is 40.6 Å². The highest BCUT2D eigenvalue weighted by atomic mass is 35.5. The van der Waals surface area contributed by atoms with Gasteiger partial charge in [0.05, 0.1) is 5.56 Å². The maximum atomic E-state index is 12.5. The fourth-order valence-electron chi connectivity index (χ4n) is 3.53. The number of pyridine rings is 1. The molecule has 5 rings (SSSR count). The first-order chi connectivity index (χ1) is 17.2. The van der Waals surface area contributed by atoms with Crippen LogP contribution >= 0.6 is 11.6 Å². The van der Waals surface area contributed by atoms with E-state index in [1.54, 1.807) is 18.3 Å². The minimum Gasteiger partial charge on any atom is -0.344 e. The Morgan fingerprint density at radius 3 is 2.64 bits per heavy atom. The van der Waals surface area contributed by atoms with Crippen LogP contribution in [0.5, 0.6) is 0 Å². The van der Waals surface area contributed by atoms with E-state index in [0.717, 1.165) is 11.1 Å². The summed E-state index contributed by atoms with van der Waals surface area (Å²) in [5.74, 6) is 0.252. The van der Waals surface area contributed by atoms with Crippen LogP contribution in [0.15, 0.2) is 52.0 Å². The van der Waals surface area contributed by atoms with Gasteiger partial charge in [-0.1, -0.05) is 49.7 Å². The van der Waals surface area contributed by atoms with Crippen LogP contribution in [0.2, 0.25) is 5.02 Å². The number of amides is 1. The topological polar surface area (TPSA) is 155 Å². The Hall–Kier alpha value is -4.38. The van der Waals surface area contributed by atoms with Gasteiger partial charge in [-0.2, -0.15) is 10.1 Å². The molecule has 0 aliphatic carbocycles. The Morgan fingerprint density at radius 2 is 1.92 bits per heavy atom. The second kappa shape index (κ2) is 9.00. The molecule has 182 valence electrons. The zero-order chi connectivity index (χ0) is 25.4. The van der Waals surface area contributed by atoms with Crippen LogP contribution in [0.25, 0.3) is 33.7 Å². The quantitative estimate of drug-likeness (QED) is 0.327. The molecule has 0 aliphatic heterocycles. The average molecular weight is 505 g/mol. The van der Waals surface area contributed by atoms with Crippen molar-refractivity contribution in [3.05, 3.63) is 75.4 Å². The highest BCUT2D eigenvalue weighted by molar-refractivity contribution is 6.31. The molecule has 5 aromatic rings. The molecular weight excluding hydrogens is 484 g/mol. The Kier molecular flexibility index (Phi) is 5.84. The van der Waals surface area contributed by atoms with E-state index in [2.05, 4.69) is 40.6 Å². The van der Waals surface area contributed by atoms with E-state index in [9.17, 15) is 9.59 Å². The smallest absolute Gasteiger partial charge is 0.315 e. The van der Waals surface area contributed by atoms with E-state index < -0.39 is 5.91 Å². The maximum Gasteiger partial charge on any atom is 0.315 e.